The molecular weight excluding hydrogens is 154 g/mol. The van der Waals surface area contributed by atoms with Crippen LogP contribution in [0.3, 0.4) is 0 Å². The minimum atomic E-state index is -0.358. The lowest BCUT2D eigenvalue weighted by Crippen LogP contribution is -2.59. The predicted molar refractivity (Wildman–Crippen MR) is 46.9 cm³/mol. The number of hydrogen-bond donors (Lipinski definition) is 1. The fraction of sp³-hybridized carbons (Fsp3) is 0.889. The first-order valence-corrected chi connectivity index (χ1v) is 4.47. The number of nitrogens with one attached hydrogen (secondary N) is 1. The molecule has 0 heterocycles. The van der Waals surface area contributed by atoms with Gasteiger partial charge in [-0.05, 0) is 33.1 Å². The molecule has 0 aromatic rings. The van der Waals surface area contributed by atoms with E-state index in [1.165, 1.54) is 7.11 Å². The summed E-state index contributed by atoms with van der Waals surface area (Å²) >= 11 is 0. The van der Waals surface area contributed by atoms with E-state index < -0.39 is 0 Å². The minimum Gasteiger partial charge on any atom is -0.468 e. The molecule has 0 amide bonds. The largest absolute Gasteiger partial charge is 0.468 e. The summed E-state index contributed by atoms with van der Waals surface area (Å²) in [5.74, 6) is -0.109. The quantitative estimate of drug-likeness (QED) is 0.646. The van der Waals surface area contributed by atoms with Crippen LogP contribution in [0.2, 0.25) is 0 Å². The molecule has 0 aromatic heterocycles. The highest BCUT2D eigenvalue weighted by molar-refractivity contribution is 5.81. The third-order valence-electron chi connectivity index (χ3n) is 2.35. The van der Waals surface area contributed by atoms with Crippen LogP contribution in [-0.2, 0) is 9.53 Å². The molecule has 70 valence electrons. The van der Waals surface area contributed by atoms with Crippen LogP contribution in [0, 0.1) is 0 Å². The minimum absolute atomic E-state index is 0.109. The lowest BCUT2D eigenvalue weighted by Gasteiger charge is -2.41. The summed E-state index contributed by atoms with van der Waals surface area (Å²) in [7, 11) is 1.45. The van der Waals surface area contributed by atoms with E-state index in [1.54, 1.807) is 0 Å². The first-order valence-electron chi connectivity index (χ1n) is 4.47. The molecule has 0 aromatic carbocycles. The number of methoxy groups -OCH3 is 1. The van der Waals surface area contributed by atoms with Gasteiger partial charge in [-0.1, -0.05) is 0 Å². The van der Waals surface area contributed by atoms with Crippen LogP contribution in [0.15, 0.2) is 0 Å². The average Bonchev–Trinajstić information content (AvgIpc) is 1.95. The van der Waals surface area contributed by atoms with Crippen molar-refractivity contribution in [2.24, 2.45) is 0 Å². The monoisotopic (exact) mass is 171 g/mol. The Balaban J connectivity index is 2.56. The van der Waals surface area contributed by atoms with Gasteiger partial charge in [0.05, 0.1) is 7.11 Å². The normalized spacial score (nSPS) is 20.3. The fourth-order valence-corrected chi connectivity index (χ4v) is 1.69. The van der Waals surface area contributed by atoms with Gasteiger partial charge in [-0.15, -0.1) is 0 Å². The second-order valence-electron chi connectivity index (χ2n) is 3.73. The first kappa shape index (κ1) is 9.52. The first-order chi connectivity index (χ1) is 5.60. The average molecular weight is 171 g/mol. The second kappa shape index (κ2) is 3.44. The van der Waals surface area contributed by atoms with Crippen molar-refractivity contribution >= 4 is 5.97 Å². The zero-order valence-corrected chi connectivity index (χ0v) is 8.02. The second-order valence-corrected chi connectivity index (χ2v) is 3.73. The van der Waals surface area contributed by atoms with E-state index >= 15 is 0 Å². The van der Waals surface area contributed by atoms with Gasteiger partial charge in [-0.2, -0.15) is 0 Å². The van der Waals surface area contributed by atoms with Crippen LogP contribution in [0.1, 0.15) is 33.1 Å². The number of hydrogen-bond acceptors (Lipinski definition) is 3. The molecule has 3 heteroatoms. The summed E-state index contributed by atoms with van der Waals surface area (Å²) in [6.07, 6.45) is 2.95. The lowest BCUT2D eigenvalue weighted by atomic mass is 9.76. The van der Waals surface area contributed by atoms with E-state index in [0.29, 0.717) is 6.04 Å². The predicted octanol–water partition coefficient (Wildman–Crippen LogP) is 1.08. The van der Waals surface area contributed by atoms with Crippen molar-refractivity contribution in [3.05, 3.63) is 0 Å². The van der Waals surface area contributed by atoms with Crippen LogP contribution < -0.4 is 5.32 Å². The van der Waals surface area contributed by atoms with E-state index in [1.807, 2.05) is 13.8 Å². The molecule has 1 N–H and O–H groups in total. The maximum atomic E-state index is 11.4. The van der Waals surface area contributed by atoms with Crippen molar-refractivity contribution in [1.29, 1.82) is 0 Å². The third-order valence-corrected chi connectivity index (χ3v) is 2.35. The van der Waals surface area contributed by atoms with E-state index in [0.717, 1.165) is 19.3 Å². The summed E-state index contributed by atoms with van der Waals surface area (Å²) in [5, 5.41) is 3.27. The highest BCUT2D eigenvalue weighted by Crippen LogP contribution is 2.33. The van der Waals surface area contributed by atoms with E-state index in [4.69, 9.17) is 4.74 Å². The van der Waals surface area contributed by atoms with Crippen LogP contribution in [-0.4, -0.2) is 24.7 Å². The Hall–Kier alpha value is -0.570. The summed E-state index contributed by atoms with van der Waals surface area (Å²) in [6.45, 7) is 4.09. The molecule has 1 aliphatic rings. The van der Waals surface area contributed by atoms with Crippen molar-refractivity contribution < 1.29 is 9.53 Å². The van der Waals surface area contributed by atoms with Gasteiger partial charge < -0.3 is 4.74 Å². The standard InChI is InChI=1S/C9H17NO2/c1-7(2)10-9(5-4-6-9)8(11)12-3/h7,10H,4-6H2,1-3H3. The van der Waals surface area contributed by atoms with E-state index in [9.17, 15) is 4.79 Å². The molecule has 0 unspecified atom stereocenters. The molecule has 0 spiro atoms. The van der Waals surface area contributed by atoms with Gasteiger partial charge in [0.25, 0.3) is 0 Å². The Morgan fingerprint density at radius 3 is 2.33 bits per heavy atom. The van der Waals surface area contributed by atoms with Crippen molar-refractivity contribution in [3.63, 3.8) is 0 Å². The molecule has 1 rings (SSSR count). The number of ether oxygens (including phenoxy) is 1. The van der Waals surface area contributed by atoms with Crippen LogP contribution in [0.4, 0.5) is 0 Å². The molecule has 0 saturated heterocycles. The van der Waals surface area contributed by atoms with Crippen molar-refractivity contribution in [1.82, 2.24) is 5.32 Å². The van der Waals surface area contributed by atoms with Crippen molar-refractivity contribution in [2.75, 3.05) is 7.11 Å². The summed E-state index contributed by atoms with van der Waals surface area (Å²) < 4.78 is 4.76. The molecule has 1 aliphatic carbocycles. The molecule has 12 heavy (non-hydrogen) atoms. The maximum Gasteiger partial charge on any atom is 0.326 e. The van der Waals surface area contributed by atoms with Gasteiger partial charge in [0.2, 0.25) is 0 Å². The maximum absolute atomic E-state index is 11.4. The van der Waals surface area contributed by atoms with Gasteiger partial charge in [-0.3, -0.25) is 10.1 Å². The van der Waals surface area contributed by atoms with Gasteiger partial charge in [-0.25, -0.2) is 0 Å². The third kappa shape index (κ3) is 1.61. The Kier molecular flexibility index (Phi) is 2.73. The lowest BCUT2D eigenvalue weighted by molar-refractivity contribution is -0.153. The summed E-state index contributed by atoms with van der Waals surface area (Å²) in [4.78, 5) is 11.4. The summed E-state index contributed by atoms with van der Waals surface area (Å²) in [5.41, 5.74) is -0.358. The fourth-order valence-electron chi connectivity index (χ4n) is 1.69. The highest BCUT2D eigenvalue weighted by Gasteiger charge is 2.45. The van der Waals surface area contributed by atoms with E-state index in [-0.39, 0.29) is 11.5 Å². The van der Waals surface area contributed by atoms with E-state index in [2.05, 4.69) is 5.32 Å². The van der Waals surface area contributed by atoms with Gasteiger partial charge in [0.15, 0.2) is 0 Å². The molecular formula is C9H17NO2. The number of carbonyl (C=O) groups excluding carboxylic acids is 1. The Morgan fingerprint density at radius 1 is 1.50 bits per heavy atom. The van der Waals surface area contributed by atoms with Crippen molar-refractivity contribution in [2.45, 2.75) is 44.7 Å². The van der Waals surface area contributed by atoms with Gasteiger partial charge in [0, 0.05) is 6.04 Å². The molecule has 0 aliphatic heterocycles. The smallest absolute Gasteiger partial charge is 0.326 e. The van der Waals surface area contributed by atoms with Crippen molar-refractivity contribution in [3.8, 4) is 0 Å². The molecule has 1 saturated carbocycles. The summed E-state index contributed by atoms with van der Waals surface area (Å²) in [6, 6.07) is 0.337. The topological polar surface area (TPSA) is 38.3 Å². The zero-order valence-electron chi connectivity index (χ0n) is 8.02. The van der Waals surface area contributed by atoms with Gasteiger partial charge in [0.1, 0.15) is 5.54 Å². The molecule has 3 nitrogen and oxygen atoms in total. The molecule has 0 bridgehead atoms. The Bertz CT molecular complexity index is 173. The molecule has 0 radical (unpaired) electrons. The van der Waals surface area contributed by atoms with Crippen LogP contribution >= 0.6 is 0 Å². The molecule has 1 fully saturated rings. The van der Waals surface area contributed by atoms with Gasteiger partial charge >= 0.3 is 5.97 Å². The van der Waals surface area contributed by atoms with Crippen LogP contribution in [0.5, 0.6) is 0 Å². The SMILES string of the molecule is COC(=O)C1(NC(C)C)CCC1. The zero-order chi connectivity index (χ0) is 9.19. The number of esters is 1. The Morgan fingerprint density at radius 2 is 2.08 bits per heavy atom. The highest BCUT2D eigenvalue weighted by atomic mass is 16.5. The Labute approximate surface area is 73.5 Å². The van der Waals surface area contributed by atoms with Crippen LogP contribution in [0.25, 0.3) is 0 Å². The molecule has 0 atom stereocenters. The number of carbonyl (C=O) groups is 1. The number of rotatable bonds is 3.